The highest BCUT2D eigenvalue weighted by molar-refractivity contribution is 7.19. The van der Waals surface area contributed by atoms with Crippen LogP contribution < -0.4 is 0 Å². The number of aromatic amines is 1. The van der Waals surface area contributed by atoms with Gasteiger partial charge in [-0.15, -0.1) is 11.3 Å². The molecule has 1 aromatic carbocycles. The number of nitrogens with zero attached hydrogens (tertiary/aromatic N) is 2. The number of nitrogens with one attached hydrogen (secondary N) is 1. The third kappa shape index (κ3) is 1.33. The second-order valence-electron chi connectivity index (χ2n) is 4.32. The second-order valence-corrected chi connectivity index (χ2v) is 5.52. The van der Waals surface area contributed by atoms with Crippen LogP contribution in [-0.2, 0) is 0 Å². The Morgan fingerprint density at radius 2 is 1.94 bits per heavy atom. The normalized spacial score (nSPS) is 12.0. The standard InChI is InChI=1S/C12H13N3S/c1-6(2)12-14-8-4-5-9-11(10(8)15-12)16-7(3)13-9/h4-6H,1-3H3,(H,14,15). The second kappa shape index (κ2) is 3.28. The van der Waals surface area contributed by atoms with Gasteiger partial charge in [-0.25, -0.2) is 9.97 Å². The molecule has 0 aliphatic carbocycles. The summed E-state index contributed by atoms with van der Waals surface area (Å²) in [5.74, 6) is 1.48. The van der Waals surface area contributed by atoms with Crippen LogP contribution in [0.5, 0.6) is 0 Å². The van der Waals surface area contributed by atoms with Gasteiger partial charge >= 0.3 is 0 Å². The summed E-state index contributed by atoms with van der Waals surface area (Å²) in [6.07, 6.45) is 0. The summed E-state index contributed by atoms with van der Waals surface area (Å²) in [6, 6.07) is 4.09. The number of hydrogen-bond donors (Lipinski definition) is 1. The lowest BCUT2D eigenvalue weighted by molar-refractivity contribution is 0.799. The smallest absolute Gasteiger partial charge is 0.109 e. The Bertz CT molecular complexity index is 663. The summed E-state index contributed by atoms with van der Waals surface area (Å²) in [7, 11) is 0. The Morgan fingerprint density at radius 1 is 1.19 bits per heavy atom. The van der Waals surface area contributed by atoms with E-state index in [2.05, 4.69) is 28.8 Å². The number of aryl methyl sites for hydroxylation is 1. The van der Waals surface area contributed by atoms with Crippen molar-refractivity contribution in [2.24, 2.45) is 0 Å². The molecule has 0 unspecified atom stereocenters. The maximum absolute atomic E-state index is 4.59. The Balaban J connectivity index is 2.40. The van der Waals surface area contributed by atoms with Crippen molar-refractivity contribution < 1.29 is 0 Å². The summed E-state index contributed by atoms with van der Waals surface area (Å²) < 4.78 is 1.22. The van der Waals surface area contributed by atoms with Crippen molar-refractivity contribution >= 4 is 32.6 Å². The van der Waals surface area contributed by atoms with E-state index in [4.69, 9.17) is 0 Å². The summed E-state index contributed by atoms with van der Waals surface area (Å²) in [4.78, 5) is 12.5. The van der Waals surface area contributed by atoms with Gasteiger partial charge < -0.3 is 4.98 Å². The van der Waals surface area contributed by atoms with Crippen molar-refractivity contribution in [2.75, 3.05) is 0 Å². The van der Waals surface area contributed by atoms with E-state index in [1.54, 1.807) is 11.3 Å². The zero-order valence-electron chi connectivity index (χ0n) is 9.53. The fourth-order valence-corrected chi connectivity index (χ4v) is 2.78. The van der Waals surface area contributed by atoms with Crippen LogP contribution in [0.2, 0.25) is 0 Å². The molecule has 0 bridgehead atoms. The molecule has 2 heterocycles. The van der Waals surface area contributed by atoms with Crippen LogP contribution in [0.3, 0.4) is 0 Å². The maximum Gasteiger partial charge on any atom is 0.109 e. The molecule has 0 amide bonds. The van der Waals surface area contributed by atoms with Crippen LogP contribution >= 0.6 is 11.3 Å². The molecular weight excluding hydrogens is 218 g/mol. The molecule has 0 radical (unpaired) electrons. The Morgan fingerprint density at radius 3 is 2.69 bits per heavy atom. The maximum atomic E-state index is 4.59. The quantitative estimate of drug-likeness (QED) is 0.695. The lowest BCUT2D eigenvalue weighted by atomic mass is 10.2. The number of fused-ring (bicyclic) bond motifs is 3. The summed E-state index contributed by atoms with van der Waals surface area (Å²) in [5.41, 5.74) is 3.24. The van der Waals surface area contributed by atoms with Crippen molar-refractivity contribution in [3.63, 3.8) is 0 Å². The highest BCUT2D eigenvalue weighted by Gasteiger charge is 2.11. The van der Waals surface area contributed by atoms with E-state index in [0.29, 0.717) is 5.92 Å². The molecule has 16 heavy (non-hydrogen) atoms. The first-order valence-electron chi connectivity index (χ1n) is 5.41. The SMILES string of the molecule is Cc1nc2ccc3nc(C(C)C)[nH]c3c2s1. The van der Waals surface area contributed by atoms with Gasteiger partial charge in [-0.2, -0.15) is 0 Å². The van der Waals surface area contributed by atoms with Crippen molar-refractivity contribution in [3.8, 4) is 0 Å². The van der Waals surface area contributed by atoms with Gasteiger partial charge in [0.25, 0.3) is 0 Å². The van der Waals surface area contributed by atoms with Gasteiger partial charge in [-0.3, -0.25) is 0 Å². The van der Waals surface area contributed by atoms with Crippen molar-refractivity contribution in [1.29, 1.82) is 0 Å². The average molecular weight is 231 g/mol. The molecule has 0 fully saturated rings. The predicted molar refractivity (Wildman–Crippen MR) is 68.1 cm³/mol. The molecule has 0 saturated carbocycles. The van der Waals surface area contributed by atoms with E-state index in [0.717, 1.165) is 27.4 Å². The molecular formula is C12H13N3S. The minimum Gasteiger partial charge on any atom is -0.341 e. The molecule has 2 aromatic heterocycles. The highest BCUT2D eigenvalue weighted by atomic mass is 32.1. The fourth-order valence-electron chi connectivity index (χ4n) is 1.87. The summed E-state index contributed by atoms with van der Waals surface area (Å²) in [6.45, 7) is 6.33. The van der Waals surface area contributed by atoms with Crippen LogP contribution in [0, 0.1) is 6.92 Å². The molecule has 0 aliphatic heterocycles. The first-order valence-corrected chi connectivity index (χ1v) is 6.22. The minimum absolute atomic E-state index is 0.427. The van der Waals surface area contributed by atoms with Gasteiger partial charge in [0, 0.05) is 5.92 Å². The number of aromatic nitrogens is 3. The van der Waals surface area contributed by atoms with E-state index < -0.39 is 0 Å². The highest BCUT2D eigenvalue weighted by Crippen LogP contribution is 2.29. The van der Waals surface area contributed by atoms with E-state index in [-0.39, 0.29) is 0 Å². The number of H-pyrrole nitrogens is 1. The first kappa shape index (κ1) is 9.78. The number of thiazole rings is 1. The van der Waals surface area contributed by atoms with Crippen LogP contribution in [0.15, 0.2) is 12.1 Å². The lowest BCUT2D eigenvalue weighted by Gasteiger charge is -1.95. The topological polar surface area (TPSA) is 41.6 Å². The Hall–Kier alpha value is -1.42. The molecule has 0 saturated heterocycles. The van der Waals surface area contributed by atoms with E-state index in [9.17, 15) is 0 Å². The molecule has 0 spiro atoms. The number of imidazole rings is 1. The lowest BCUT2D eigenvalue weighted by Crippen LogP contribution is -1.88. The van der Waals surface area contributed by atoms with Crippen molar-refractivity contribution in [1.82, 2.24) is 15.0 Å². The van der Waals surface area contributed by atoms with Crippen molar-refractivity contribution in [3.05, 3.63) is 23.0 Å². The molecule has 82 valence electrons. The Kier molecular flexibility index (Phi) is 2.01. The van der Waals surface area contributed by atoms with Crippen LogP contribution in [-0.4, -0.2) is 15.0 Å². The largest absolute Gasteiger partial charge is 0.341 e. The number of benzene rings is 1. The van der Waals surface area contributed by atoms with E-state index in [1.807, 2.05) is 19.1 Å². The average Bonchev–Trinajstić information content (AvgIpc) is 2.77. The predicted octanol–water partition coefficient (Wildman–Crippen LogP) is 3.60. The monoisotopic (exact) mass is 231 g/mol. The summed E-state index contributed by atoms with van der Waals surface area (Å²) in [5, 5.41) is 1.10. The van der Waals surface area contributed by atoms with Gasteiger partial charge in [-0.05, 0) is 19.1 Å². The van der Waals surface area contributed by atoms with E-state index in [1.165, 1.54) is 4.70 Å². The molecule has 1 N–H and O–H groups in total. The third-order valence-electron chi connectivity index (χ3n) is 2.68. The molecule has 0 atom stereocenters. The molecule has 3 rings (SSSR count). The zero-order valence-corrected chi connectivity index (χ0v) is 10.4. The van der Waals surface area contributed by atoms with Gasteiger partial charge in [0.15, 0.2) is 0 Å². The number of hydrogen-bond acceptors (Lipinski definition) is 3. The van der Waals surface area contributed by atoms with Gasteiger partial charge in [0.1, 0.15) is 5.82 Å². The van der Waals surface area contributed by atoms with Crippen LogP contribution in [0.1, 0.15) is 30.6 Å². The number of rotatable bonds is 1. The van der Waals surface area contributed by atoms with Crippen LogP contribution in [0.25, 0.3) is 21.3 Å². The van der Waals surface area contributed by atoms with Crippen molar-refractivity contribution in [2.45, 2.75) is 26.7 Å². The van der Waals surface area contributed by atoms with Gasteiger partial charge in [0.05, 0.1) is 26.3 Å². The zero-order chi connectivity index (χ0) is 11.3. The van der Waals surface area contributed by atoms with Gasteiger partial charge in [0.2, 0.25) is 0 Å². The van der Waals surface area contributed by atoms with Crippen LogP contribution in [0.4, 0.5) is 0 Å². The first-order chi connectivity index (χ1) is 7.65. The molecule has 3 aromatic rings. The van der Waals surface area contributed by atoms with Gasteiger partial charge in [-0.1, -0.05) is 13.8 Å². The van der Waals surface area contributed by atoms with E-state index >= 15 is 0 Å². The molecule has 0 aliphatic rings. The minimum atomic E-state index is 0.427. The fraction of sp³-hybridized carbons (Fsp3) is 0.333. The molecule has 4 heteroatoms. The molecule has 3 nitrogen and oxygen atoms in total. The Labute approximate surface area is 97.5 Å². The third-order valence-corrected chi connectivity index (χ3v) is 3.69. The summed E-state index contributed by atoms with van der Waals surface area (Å²) >= 11 is 1.72.